The minimum absolute atomic E-state index is 0.197. The summed E-state index contributed by atoms with van der Waals surface area (Å²) in [5, 5.41) is 0. The fourth-order valence-electron chi connectivity index (χ4n) is 5.61. The molecule has 0 saturated carbocycles. The lowest BCUT2D eigenvalue weighted by molar-refractivity contribution is -0.134. The number of carbonyl (C=O) groups is 2. The van der Waals surface area contributed by atoms with Crippen molar-refractivity contribution in [1.82, 2.24) is 0 Å². The van der Waals surface area contributed by atoms with Gasteiger partial charge in [-0.15, -0.1) is 0 Å². The summed E-state index contributed by atoms with van der Waals surface area (Å²) in [5.74, 6) is -0.273. The summed E-state index contributed by atoms with van der Waals surface area (Å²) < 4.78 is 18.5. The Kier molecular flexibility index (Phi) is 18.1. The molecule has 0 aliphatic heterocycles. The van der Waals surface area contributed by atoms with Crippen molar-refractivity contribution in [2.24, 2.45) is 0 Å². The lowest BCUT2D eigenvalue weighted by Crippen LogP contribution is -2.07. The van der Waals surface area contributed by atoms with Gasteiger partial charge in [-0.2, -0.15) is 0 Å². The second kappa shape index (κ2) is 22.7. The SMILES string of the molecule is C=Cc1ccc(CCCCCCCCCCCCCCCCCCC(=O)Oc2ccc(C=CC(=O)c3ccc(F)cc3)cc2)cc1. The summed E-state index contributed by atoms with van der Waals surface area (Å²) in [6.07, 6.45) is 27.2. The molecule has 0 saturated heterocycles. The summed E-state index contributed by atoms with van der Waals surface area (Å²) in [6, 6.07) is 21.3. The van der Waals surface area contributed by atoms with Gasteiger partial charge in [0.1, 0.15) is 11.6 Å². The van der Waals surface area contributed by atoms with Crippen molar-refractivity contribution in [3.8, 4) is 5.75 Å². The highest BCUT2D eigenvalue weighted by atomic mass is 19.1. The van der Waals surface area contributed by atoms with Crippen LogP contribution in [0.15, 0.2) is 85.5 Å². The summed E-state index contributed by atoms with van der Waals surface area (Å²) >= 11 is 0. The van der Waals surface area contributed by atoms with Crippen LogP contribution in [0.3, 0.4) is 0 Å². The Hall–Kier alpha value is -3.79. The zero-order chi connectivity index (χ0) is 32.7. The highest BCUT2D eigenvalue weighted by molar-refractivity contribution is 6.06. The molecule has 0 unspecified atom stereocenters. The maximum atomic E-state index is 13.0. The third-order valence-corrected chi connectivity index (χ3v) is 8.48. The molecule has 0 aromatic heterocycles. The second-order valence-corrected chi connectivity index (χ2v) is 12.4. The first-order valence-corrected chi connectivity index (χ1v) is 17.5. The van der Waals surface area contributed by atoms with E-state index in [1.54, 1.807) is 30.3 Å². The Bertz CT molecular complexity index is 1310. The van der Waals surface area contributed by atoms with Crippen molar-refractivity contribution in [3.63, 3.8) is 0 Å². The van der Waals surface area contributed by atoms with Crippen molar-refractivity contribution >= 4 is 23.9 Å². The summed E-state index contributed by atoms with van der Waals surface area (Å²) in [7, 11) is 0. The lowest BCUT2D eigenvalue weighted by Gasteiger charge is -2.05. The number of hydrogen-bond acceptors (Lipinski definition) is 3. The standard InChI is InChI=1S/C42H53FO3/c1-2-35-21-23-36(24-22-35)19-17-15-13-11-9-7-5-3-4-6-8-10-12-14-16-18-20-42(45)46-40-32-25-37(26-33-40)27-34-41(44)38-28-30-39(43)31-29-38/h2,21-34H,1,3-20H2. The number of esters is 1. The Balaban J connectivity index is 1.07. The number of ketones is 1. The number of unbranched alkanes of at least 4 members (excludes halogenated alkanes) is 15. The van der Waals surface area contributed by atoms with Crippen LogP contribution in [0.4, 0.5) is 4.39 Å². The average molecular weight is 625 g/mol. The van der Waals surface area contributed by atoms with Crippen LogP contribution in [-0.4, -0.2) is 11.8 Å². The van der Waals surface area contributed by atoms with Gasteiger partial charge in [0.25, 0.3) is 0 Å². The Morgan fingerprint density at radius 2 is 1.07 bits per heavy atom. The lowest BCUT2D eigenvalue weighted by atomic mass is 10.0. The van der Waals surface area contributed by atoms with Gasteiger partial charge in [-0.1, -0.05) is 145 Å². The molecule has 3 aromatic carbocycles. The van der Waals surface area contributed by atoms with Gasteiger partial charge < -0.3 is 4.74 Å². The first-order valence-electron chi connectivity index (χ1n) is 17.5. The van der Waals surface area contributed by atoms with Gasteiger partial charge in [-0.3, -0.25) is 9.59 Å². The molecule has 0 aliphatic rings. The van der Waals surface area contributed by atoms with Crippen LogP contribution in [0, 0.1) is 5.82 Å². The first kappa shape index (κ1) is 36.7. The quantitative estimate of drug-likeness (QED) is 0.0327. The fraction of sp³-hybridized carbons (Fsp3) is 0.429. The zero-order valence-corrected chi connectivity index (χ0v) is 27.7. The summed E-state index contributed by atoms with van der Waals surface area (Å²) in [5.41, 5.74) is 3.88. The van der Waals surface area contributed by atoms with E-state index in [0.29, 0.717) is 17.7 Å². The Morgan fingerprint density at radius 3 is 1.59 bits per heavy atom. The molecule has 0 atom stereocenters. The third-order valence-electron chi connectivity index (χ3n) is 8.48. The number of rotatable bonds is 24. The van der Waals surface area contributed by atoms with Gasteiger partial charge in [0, 0.05) is 12.0 Å². The zero-order valence-electron chi connectivity index (χ0n) is 27.7. The molecule has 3 aromatic rings. The minimum atomic E-state index is -0.372. The van der Waals surface area contributed by atoms with Crippen LogP contribution in [0.1, 0.15) is 136 Å². The Labute approximate surface area is 277 Å². The molecular formula is C42H53FO3. The molecule has 0 amide bonds. The smallest absolute Gasteiger partial charge is 0.311 e. The van der Waals surface area contributed by atoms with Crippen molar-refractivity contribution < 1.29 is 18.7 Å². The van der Waals surface area contributed by atoms with E-state index >= 15 is 0 Å². The number of allylic oxidation sites excluding steroid dienone is 1. The number of carbonyl (C=O) groups excluding carboxylic acids is 2. The third kappa shape index (κ3) is 16.0. The van der Waals surface area contributed by atoms with Crippen LogP contribution >= 0.6 is 0 Å². The molecule has 3 nitrogen and oxygen atoms in total. The molecule has 3 rings (SSSR count). The van der Waals surface area contributed by atoms with E-state index in [9.17, 15) is 14.0 Å². The predicted octanol–water partition coefficient (Wildman–Crippen LogP) is 12.1. The average Bonchev–Trinajstić information content (AvgIpc) is 3.08. The largest absolute Gasteiger partial charge is 0.427 e. The van der Waals surface area contributed by atoms with Gasteiger partial charge in [0.05, 0.1) is 0 Å². The minimum Gasteiger partial charge on any atom is -0.427 e. The van der Waals surface area contributed by atoms with E-state index in [4.69, 9.17) is 4.74 Å². The second-order valence-electron chi connectivity index (χ2n) is 12.4. The van der Waals surface area contributed by atoms with E-state index in [1.807, 2.05) is 6.08 Å². The number of halogens is 1. The van der Waals surface area contributed by atoms with E-state index in [2.05, 4.69) is 30.8 Å². The summed E-state index contributed by atoms with van der Waals surface area (Å²) in [4.78, 5) is 24.4. The van der Waals surface area contributed by atoms with Gasteiger partial charge in [-0.25, -0.2) is 4.39 Å². The van der Waals surface area contributed by atoms with E-state index in [-0.39, 0.29) is 17.6 Å². The molecule has 0 heterocycles. The molecular weight excluding hydrogens is 571 g/mol. The van der Waals surface area contributed by atoms with E-state index < -0.39 is 0 Å². The van der Waals surface area contributed by atoms with Crippen molar-refractivity contribution in [2.75, 3.05) is 0 Å². The molecule has 0 fully saturated rings. The van der Waals surface area contributed by atoms with Gasteiger partial charge in [-0.05, 0) is 78.4 Å². The normalized spacial score (nSPS) is 11.2. The molecule has 0 radical (unpaired) electrons. The molecule has 4 heteroatoms. The van der Waals surface area contributed by atoms with Gasteiger partial charge in [0.2, 0.25) is 0 Å². The molecule has 0 N–H and O–H groups in total. The van der Waals surface area contributed by atoms with Crippen LogP contribution in [0.5, 0.6) is 5.75 Å². The maximum Gasteiger partial charge on any atom is 0.311 e. The maximum absolute atomic E-state index is 13.0. The first-order chi connectivity index (χ1) is 22.5. The van der Waals surface area contributed by atoms with Crippen molar-refractivity contribution in [1.29, 1.82) is 0 Å². The van der Waals surface area contributed by atoms with Crippen LogP contribution in [0.2, 0.25) is 0 Å². The number of ether oxygens (including phenoxy) is 1. The topological polar surface area (TPSA) is 43.4 Å². The number of hydrogen-bond donors (Lipinski definition) is 0. The van der Waals surface area contributed by atoms with Crippen molar-refractivity contribution in [3.05, 3.63) is 114 Å². The molecule has 46 heavy (non-hydrogen) atoms. The van der Waals surface area contributed by atoms with Crippen LogP contribution in [-0.2, 0) is 11.2 Å². The van der Waals surface area contributed by atoms with Crippen molar-refractivity contribution in [2.45, 2.75) is 116 Å². The van der Waals surface area contributed by atoms with Gasteiger partial charge >= 0.3 is 5.97 Å². The molecule has 0 aliphatic carbocycles. The van der Waals surface area contributed by atoms with Crippen LogP contribution < -0.4 is 4.74 Å². The monoisotopic (exact) mass is 624 g/mol. The Morgan fingerprint density at radius 1 is 0.587 bits per heavy atom. The highest BCUT2D eigenvalue weighted by Crippen LogP contribution is 2.17. The molecule has 0 bridgehead atoms. The highest BCUT2D eigenvalue weighted by Gasteiger charge is 2.06. The predicted molar refractivity (Wildman–Crippen MR) is 191 cm³/mol. The van der Waals surface area contributed by atoms with Gasteiger partial charge in [0.15, 0.2) is 5.78 Å². The van der Waals surface area contributed by atoms with E-state index in [1.165, 1.54) is 138 Å². The number of benzene rings is 3. The molecule has 0 spiro atoms. The number of aryl methyl sites for hydroxylation is 1. The van der Waals surface area contributed by atoms with E-state index in [0.717, 1.165) is 18.4 Å². The van der Waals surface area contributed by atoms with Crippen LogP contribution in [0.25, 0.3) is 12.2 Å². The fourth-order valence-corrected chi connectivity index (χ4v) is 5.61. The summed E-state index contributed by atoms with van der Waals surface area (Å²) in [6.45, 7) is 3.81. The molecule has 246 valence electrons.